The van der Waals surface area contributed by atoms with Gasteiger partial charge in [-0.05, 0) is 5.56 Å². The van der Waals surface area contributed by atoms with E-state index in [0.29, 0.717) is 0 Å². The highest BCUT2D eigenvalue weighted by Crippen LogP contribution is 2.15. The van der Waals surface area contributed by atoms with E-state index in [4.69, 9.17) is 0 Å². The zero-order valence-corrected chi connectivity index (χ0v) is 6.76. The number of halogens is 2. The van der Waals surface area contributed by atoms with E-state index in [0.717, 1.165) is 12.5 Å². The van der Waals surface area contributed by atoms with Crippen molar-refractivity contribution in [2.45, 2.75) is 19.6 Å². The van der Waals surface area contributed by atoms with Crippen LogP contribution < -0.4 is 0 Å². The van der Waals surface area contributed by atoms with Crippen molar-refractivity contribution in [2.75, 3.05) is 0 Å². The quantitative estimate of drug-likeness (QED) is 0.681. The summed E-state index contributed by atoms with van der Waals surface area (Å²) in [5.41, 5.74) is 0.749. The predicted octanol–water partition coefficient (Wildman–Crippen LogP) is 2.82. The van der Waals surface area contributed by atoms with Gasteiger partial charge in [-0.15, -0.1) is 0 Å². The summed E-state index contributed by atoms with van der Waals surface area (Å²) in [4.78, 5) is 0. The second kappa shape index (κ2) is 3.63. The number of benzene rings is 1. The Balaban J connectivity index is 2.44. The molecule has 0 amide bonds. The Morgan fingerprint density at radius 2 is 1.83 bits per heavy atom. The maximum Gasteiger partial charge on any atom is 0.353 e. The van der Waals surface area contributed by atoms with E-state index in [-0.39, 0.29) is 6.61 Å². The summed E-state index contributed by atoms with van der Waals surface area (Å²) in [5, 5.41) is 0. The summed E-state index contributed by atoms with van der Waals surface area (Å²) in [6, 6.07) is 8.88. The zero-order valence-electron chi connectivity index (χ0n) is 6.76. The lowest BCUT2D eigenvalue weighted by Crippen LogP contribution is -2.14. The van der Waals surface area contributed by atoms with Crippen LogP contribution in [0.5, 0.6) is 0 Å². The maximum absolute atomic E-state index is 12.2. The highest BCUT2D eigenvalue weighted by molar-refractivity contribution is 5.13. The minimum absolute atomic E-state index is 0.0513. The van der Waals surface area contributed by atoms with Crippen molar-refractivity contribution in [3.05, 3.63) is 35.9 Å². The largest absolute Gasteiger partial charge is 0.353 e. The van der Waals surface area contributed by atoms with Crippen LogP contribution in [-0.2, 0) is 11.3 Å². The van der Waals surface area contributed by atoms with E-state index in [2.05, 4.69) is 4.74 Å². The van der Waals surface area contributed by atoms with Gasteiger partial charge in [0.25, 0.3) is 0 Å². The molecule has 0 saturated heterocycles. The second-order valence-electron chi connectivity index (χ2n) is 2.58. The van der Waals surface area contributed by atoms with Gasteiger partial charge in [-0.25, -0.2) is 0 Å². The number of alkyl halides is 2. The average molecular weight is 172 g/mol. The second-order valence-corrected chi connectivity index (χ2v) is 2.58. The van der Waals surface area contributed by atoms with E-state index in [1.165, 1.54) is 0 Å². The molecule has 0 radical (unpaired) electrons. The van der Waals surface area contributed by atoms with Crippen molar-refractivity contribution in [1.29, 1.82) is 0 Å². The van der Waals surface area contributed by atoms with Crippen LogP contribution in [0.3, 0.4) is 0 Å². The van der Waals surface area contributed by atoms with Gasteiger partial charge in [0, 0.05) is 6.92 Å². The molecule has 0 bridgehead atoms. The van der Waals surface area contributed by atoms with Crippen molar-refractivity contribution >= 4 is 0 Å². The molecule has 0 aliphatic heterocycles. The fourth-order valence-electron chi connectivity index (χ4n) is 0.784. The SMILES string of the molecule is CC(F)(F)OCc1ccccc1. The van der Waals surface area contributed by atoms with E-state index in [9.17, 15) is 8.78 Å². The van der Waals surface area contributed by atoms with Crippen LogP contribution in [0, 0.1) is 0 Å². The Labute approximate surface area is 70.0 Å². The molecule has 1 aromatic rings. The average Bonchev–Trinajstić information content (AvgIpc) is 2.02. The van der Waals surface area contributed by atoms with Crippen molar-refractivity contribution < 1.29 is 13.5 Å². The summed E-state index contributed by atoms with van der Waals surface area (Å²) in [6.45, 7) is 0.681. The summed E-state index contributed by atoms with van der Waals surface area (Å²) in [6.07, 6.45) is -3.05. The normalized spacial score (nSPS) is 11.6. The zero-order chi connectivity index (χ0) is 9.03. The van der Waals surface area contributed by atoms with Gasteiger partial charge in [0.05, 0.1) is 6.61 Å². The molecule has 0 heterocycles. The first kappa shape index (κ1) is 9.13. The van der Waals surface area contributed by atoms with Gasteiger partial charge in [-0.2, -0.15) is 8.78 Å². The van der Waals surface area contributed by atoms with E-state index in [1.807, 2.05) is 6.07 Å². The van der Waals surface area contributed by atoms with E-state index >= 15 is 0 Å². The first-order chi connectivity index (χ1) is 5.58. The number of hydrogen-bond acceptors (Lipinski definition) is 1. The molecule has 0 fully saturated rings. The van der Waals surface area contributed by atoms with E-state index in [1.54, 1.807) is 24.3 Å². The first-order valence-electron chi connectivity index (χ1n) is 3.64. The van der Waals surface area contributed by atoms with Gasteiger partial charge in [-0.3, -0.25) is 0 Å². The van der Waals surface area contributed by atoms with Gasteiger partial charge in [0.2, 0.25) is 0 Å². The molecule has 0 aliphatic rings. The van der Waals surface area contributed by atoms with Gasteiger partial charge < -0.3 is 4.74 Å². The van der Waals surface area contributed by atoms with E-state index < -0.39 is 6.11 Å². The molecular weight excluding hydrogens is 162 g/mol. The molecule has 0 aromatic heterocycles. The minimum atomic E-state index is -3.05. The van der Waals surface area contributed by atoms with Crippen molar-refractivity contribution in [3.63, 3.8) is 0 Å². The van der Waals surface area contributed by atoms with Gasteiger partial charge in [0.1, 0.15) is 0 Å². The Morgan fingerprint density at radius 3 is 2.33 bits per heavy atom. The van der Waals surface area contributed by atoms with Gasteiger partial charge in [0.15, 0.2) is 0 Å². The molecule has 0 atom stereocenters. The molecule has 0 saturated carbocycles. The van der Waals surface area contributed by atoms with Crippen molar-refractivity contribution in [1.82, 2.24) is 0 Å². The van der Waals surface area contributed by atoms with Gasteiger partial charge in [-0.1, -0.05) is 30.3 Å². The van der Waals surface area contributed by atoms with Crippen LogP contribution in [0.25, 0.3) is 0 Å². The van der Waals surface area contributed by atoms with Gasteiger partial charge >= 0.3 is 6.11 Å². The highest BCUT2D eigenvalue weighted by Gasteiger charge is 2.20. The van der Waals surface area contributed by atoms with Crippen LogP contribution in [0.15, 0.2) is 30.3 Å². The third-order valence-electron chi connectivity index (χ3n) is 1.34. The molecular formula is C9H10F2O. The maximum atomic E-state index is 12.2. The van der Waals surface area contributed by atoms with Crippen molar-refractivity contribution in [3.8, 4) is 0 Å². The topological polar surface area (TPSA) is 9.23 Å². The Morgan fingerprint density at radius 1 is 1.25 bits per heavy atom. The lowest BCUT2D eigenvalue weighted by molar-refractivity contribution is -0.231. The Bertz CT molecular complexity index is 228. The lowest BCUT2D eigenvalue weighted by atomic mass is 10.2. The smallest absolute Gasteiger partial charge is 0.316 e. The molecule has 0 unspecified atom stereocenters. The summed E-state index contributed by atoms with van der Waals surface area (Å²) in [7, 11) is 0. The monoisotopic (exact) mass is 172 g/mol. The Kier molecular flexibility index (Phi) is 2.76. The molecule has 1 aromatic carbocycles. The predicted molar refractivity (Wildman–Crippen MR) is 41.9 cm³/mol. The lowest BCUT2D eigenvalue weighted by Gasteiger charge is -2.10. The van der Waals surface area contributed by atoms with Crippen LogP contribution in [-0.4, -0.2) is 6.11 Å². The van der Waals surface area contributed by atoms with Crippen LogP contribution >= 0.6 is 0 Å². The molecule has 66 valence electrons. The van der Waals surface area contributed by atoms with Crippen LogP contribution in [0.4, 0.5) is 8.78 Å². The Hall–Kier alpha value is -0.960. The molecule has 12 heavy (non-hydrogen) atoms. The van der Waals surface area contributed by atoms with Crippen molar-refractivity contribution in [2.24, 2.45) is 0 Å². The summed E-state index contributed by atoms with van der Waals surface area (Å²) in [5.74, 6) is 0. The van der Waals surface area contributed by atoms with Crippen LogP contribution in [0.1, 0.15) is 12.5 Å². The standard InChI is InChI=1S/C9H10F2O/c1-9(10,11)12-7-8-5-3-2-4-6-8/h2-6H,7H2,1H3. The molecule has 1 nitrogen and oxygen atoms in total. The number of ether oxygens (including phenoxy) is 1. The molecule has 0 aliphatic carbocycles. The third-order valence-corrected chi connectivity index (χ3v) is 1.34. The molecule has 3 heteroatoms. The highest BCUT2D eigenvalue weighted by atomic mass is 19.3. The van der Waals surface area contributed by atoms with Crippen LogP contribution in [0.2, 0.25) is 0 Å². The molecule has 0 spiro atoms. The molecule has 0 N–H and O–H groups in total. The number of hydrogen-bond donors (Lipinski definition) is 0. The molecule has 1 rings (SSSR count). The number of rotatable bonds is 3. The summed E-state index contributed by atoms with van der Waals surface area (Å²) < 4.78 is 28.7. The minimum Gasteiger partial charge on any atom is -0.316 e. The fraction of sp³-hybridized carbons (Fsp3) is 0.333. The summed E-state index contributed by atoms with van der Waals surface area (Å²) >= 11 is 0. The fourth-order valence-corrected chi connectivity index (χ4v) is 0.784. The third kappa shape index (κ3) is 3.44. The first-order valence-corrected chi connectivity index (χ1v) is 3.64.